The van der Waals surface area contributed by atoms with Crippen molar-refractivity contribution in [3.05, 3.63) is 36.4 Å². The molecule has 2 aromatic carbocycles. The number of hydrogen-bond donors (Lipinski definition) is 0. The van der Waals surface area contributed by atoms with Gasteiger partial charge in [0.15, 0.2) is 0 Å². The Labute approximate surface area is 151 Å². The monoisotopic (exact) mass is 348 g/mol. The third-order valence-electron chi connectivity index (χ3n) is 4.05. The van der Waals surface area contributed by atoms with E-state index in [1.165, 1.54) is 36.5 Å². The minimum absolute atomic E-state index is 0.762. The van der Waals surface area contributed by atoms with Crippen molar-refractivity contribution in [2.75, 3.05) is 19.1 Å². The Hall–Kier alpha value is -1.41. The summed E-state index contributed by atoms with van der Waals surface area (Å²) in [6.45, 7) is 3.67. The number of fused-ring (bicyclic) bond motifs is 1. The predicted octanol–water partition coefficient (Wildman–Crippen LogP) is 6.59. The van der Waals surface area contributed by atoms with Crippen molar-refractivity contribution < 1.29 is 9.47 Å². The van der Waals surface area contributed by atoms with Gasteiger partial charge in [0.25, 0.3) is 0 Å². The fraction of sp³-hybridized carbons (Fsp3) is 0.524. The van der Waals surface area contributed by atoms with Gasteiger partial charge in [-0.25, -0.2) is 0 Å². The average Bonchev–Trinajstić information content (AvgIpc) is 2.62. The molecule has 0 saturated carbocycles. The number of ether oxygens (including phenoxy) is 2. The van der Waals surface area contributed by atoms with E-state index in [9.17, 15) is 0 Å². The highest BCUT2D eigenvalue weighted by Gasteiger charge is 2.01. The van der Waals surface area contributed by atoms with E-state index in [1.54, 1.807) is 0 Å². The van der Waals surface area contributed by atoms with Gasteiger partial charge in [0, 0.05) is 5.88 Å². The van der Waals surface area contributed by atoms with E-state index in [-0.39, 0.29) is 0 Å². The Morgan fingerprint density at radius 1 is 0.708 bits per heavy atom. The highest BCUT2D eigenvalue weighted by atomic mass is 35.5. The second-order valence-electron chi connectivity index (χ2n) is 6.18. The van der Waals surface area contributed by atoms with E-state index in [4.69, 9.17) is 21.1 Å². The Balaban J connectivity index is 1.74. The van der Waals surface area contributed by atoms with Crippen LogP contribution in [0.3, 0.4) is 0 Å². The fourth-order valence-electron chi connectivity index (χ4n) is 2.70. The number of rotatable bonds is 12. The summed E-state index contributed by atoms with van der Waals surface area (Å²) in [5, 5.41) is 2.38. The summed E-state index contributed by atoms with van der Waals surface area (Å²) in [7, 11) is 0. The normalized spacial score (nSPS) is 10.9. The summed E-state index contributed by atoms with van der Waals surface area (Å²) < 4.78 is 11.6. The van der Waals surface area contributed by atoms with Crippen LogP contribution < -0.4 is 9.47 Å². The van der Waals surface area contributed by atoms with E-state index < -0.39 is 0 Å². The molecule has 2 rings (SSSR count). The van der Waals surface area contributed by atoms with Crippen LogP contribution >= 0.6 is 11.6 Å². The summed E-state index contributed by atoms with van der Waals surface area (Å²) in [5.41, 5.74) is 0. The van der Waals surface area contributed by atoms with Crippen LogP contribution in [0.5, 0.6) is 11.5 Å². The van der Waals surface area contributed by atoms with E-state index >= 15 is 0 Å². The maximum atomic E-state index is 5.88. The number of unbranched alkanes of at least 4 members (excludes halogenated alkanes) is 5. The van der Waals surface area contributed by atoms with Gasteiger partial charge >= 0.3 is 0 Å². The summed E-state index contributed by atoms with van der Waals surface area (Å²) in [6.07, 6.45) is 8.32. The fourth-order valence-corrected chi connectivity index (χ4v) is 2.88. The van der Waals surface area contributed by atoms with Crippen LogP contribution in [0.1, 0.15) is 51.9 Å². The van der Waals surface area contributed by atoms with Crippen molar-refractivity contribution in [1.82, 2.24) is 0 Å². The highest BCUT2D eigenvalue weighted by Crippen LogP contribution is 2.25. The topological polar surface area (TPSA) is 18.5 Å². The first-order chi connectivity index (χ1) is 11.8. The second-order valence-corrected chi connectivity index (χ2v) is 6.56. The molecule has 0 saturated heterocycles. The third kappa shape index (κ3) is 6.60. The van der Waals surface area contributed by atoms with Gasteiger partial charge in [-0.15, -0.1) is 11.6 Å². The van der Waals surface area contributed by atoms with Gasteiger partial charge in [-0.3, -0.25) is 0 Å². The first-order valence-corrected chi connectivity index (χ1v) is 9.72. The smallest absolute Gasteiger partial charge is 0.119 e. The Morgan fingerprint density at radius 3 is 1.83 bits per heavy atom. The van der Waals surface area contributed by atoms with Crippen LogP contribution in [0.15, 0.2) is 36.4 Å². The van der Waals surface area contributed by atoms with E-state index in [0.29, 0.717) is 0 Å². The van der Waals surface area contributed by atoms with E-state index in [1.807, 2.05) is 12.1 Å². The van der Waals surface area contributed by atoms with Gasteiger partial charge in [-0.05, 0) is 54.3 Å². The molecule has 0 heterocycles. The first-order valence-electron chi connectivity index (χ1n) is 9.19. The summed E-state index contributed by atoms with van der Waals surface area (Å²) in [4.78, 5) is 0. The van der Waals surface area contributed by atoms with Crippen molar-refractivity contribution in [2.24, 2.45) is 0 Å². The lowest BCUT2D eigenvalue weighted by Gasteiger charge is -2.09. The largest absolute Gasteiger partial charge is 0.494 e. The molecule has 2 nitrogen and oxygen atoms in total. The molecule has 0 fully saturated rings. The quantitative estimate of drug-likeness (QED) is 0.318. The van der Waals surface area contributed by atoms with Gasteiger partial charge in [0.2, 0.25) is 0 Å². The summed E-state index contributed by atoms with van der Waals surface area (Å²) in [6, 6.07) is 12.5. The standard InChI is InChI=1S/C21H29ClO2/c1-2-14-23-20-11-9-19-17-21(12-10-18(19)16-20)24-15-8-6-4-3-5-7-13-22/h9-12,16-17H,2-8,13-15H2,1H3. The van der Waals surface area contributed by atoms with Crippen LogP contribution in [-0.4, -0.2) is 19.1 Å². The molecule has 0 radical (unpaired) electrons. The van der Waals surface area contributed by atoms with Crippen LogP contribution in [0.4, 0.5) is 0 Å². The van der Waals surface area contributed by atoms with Gasteiger partial charge in [0.05, 0.1) is 13.2 Å². The lowest BCUT2D eigenvalue weighted by atomic mass is 10.1. The zero-order valence-corrected chi connectivity index (χ0v) is 15.5. The van der Waals surface area contributed by atoms with E-state index in [0.717, 1.165) is 49.9 Å². The van der Waals surface area contributed by atoms with Gasteiger partial charge in [-0.2, -0.15) is 0 Å². The molecule has 2 aromatic rings. The van der Waals surface area contributed by atoms with Gasteiger partial charge in [0.1, 0.15) is 11.5 Å². The Kier molecular flexibility index (Phi) is 8.83. The van der Waals surface area contributed by atoms with Crippen LogP contribution in [0, 0.1) is 0 Å². The molecule has 0 aromatic heterocycles. The maximum absolute atomic E-state index is 5.88. The van der Waals surface area contributed by atoms with Crippen molar-refractivity contribution in [2.45, 2.75) is 51.9 Å². The van der Waals surface area contributed by atoms with Gasteiger partial charge in [-0.1, -0.05) is 44.7 Å². The molecule has 0 amide bonds. The predicted molar refractivity (Wildman–Crippen MR) is 104 cm³/mol. The lowest BCUT2D eigenvalue weighted by Crippen LogP contribution is -1.97. The lowest BCUT2D eigenvalue weighted by molar-refractivity contribution is 0.304. The minimum Gasteiger partial charge on any atom is -0.494 e. The average molecular weight is 349 g/mol. The highest BCUT2D eigenvalue weighted by molar-refractivity contribution is 6.17. The number of alkyl halides is 1. The number of halogens is 1. The molecule has 0 spiro atoms. The van der Waals surface area contributed by atoms with Crippen LogP contribution in [0.25, 0.3) is 10.8 Å². The first kappa shape index (κ1) is 18.9. The Bertz CT molecular complexity index is 597. The Morgan fingerprint density at radius 2 is 1.25 bits per heavy atom. The molecule has 132 valence electrons. The molecular weight excluding hydrogens is 320 g/mol. The van der Waals surface area contributed by atoms with E-state index in [2.05, 4.69) is 31.2 Å². The molecule has 0 bridgehead atoms. The molecular formula is C21H29ClO2. The second kappa shape index (κ2) is 11.2. The molecule has 0 aliphatic heterocycles. The molecule has 0 N–H and O–H groups in total. The number of hydrogen-bond acceptors (Lipinski definition) is 2. The maximum Gasteiger partial charge on any atom is 0.119 e. The van der Waals surface area contributed by atoms with Crippen molar-refractivity contribution in [1.29, 1.82) is 0 Å². The molecule has 0 unspecified atom stereocenters. The third-order valence-corrected chi connectivity index (χ3v) is 4.32. The molecule has 0 aliphatic carbocycles. The zero-order chi connectivity index (χ0) is 17.0. The molecule has 0 atom stereocenters. The van der Waals surface area contributed by atoms with Crippen LogP contribution in [-0.2, 0) is 0 Å². The minimum atomic E-state index is 0.762. The van der Waals surface area contributed by atoms with Crippen LogP contribution in [0.2, 0.25) is 0 Å². The molecule has 0 aliphatic rings. The van der Waals surface area contributed by atoms with Crippen molar-refractivity contribution >= 4 is 22.4 Å². The summed E-state index contributed by atoms with van der Waals surface area (Å²) in [5.74, 6) is 2.68. The molecule has 24 heavy (non-hydrogen) atoms. The SMILES string of the molecule is CCCOc1ccc2cc(OCCCCCCCCCl)ccc2c1. The number of benzene rings is 2. The summed E-state index contributed by atoms with van der Waals surface area (Å²) >= 11 is 5.68. The molecule has 3 heteroatoms. The zero-order valence-electron chi connectivity index (χ0n) is 14.7. The van der Waals surface area contributed by atoms with Crippen molar-refractivity contribution in [3.8, 4) is 11.5 Å². The van der Waals surface area contributed by atoms with Crippen molar-refractivity contribution in [3.63, 3.8) is 0 Å². The van der Waals surface area contributed by atoms with Gasteiger partial charge < -0.3 is 9.47 Å².